The molecule has 462 valence electrons. The summed E-state index contributed by atoms with van der Waals surface area (Å²) in [6.07, 6.45) is -27.1. The maximum atomic E-state index is 13.4. The molecule has 0 aromatic heterocycles. The van der Waals surface area contributed by atoms with Crippen molar-refractivity contribution in [2.75, 3.05) is 26.4 Å². The van der Waals surface area contributed by atoms with Crippen molar-refractivity contribution in [1.29, 1.82) is 0 Å². The number of carboxylic acids is 1. The molecule has 0 spiro atoms. The van der Waals surface area contributed by atoms with E-state index in [1.165, 1.54) is 5.57 Å². The minimum Gasteiger partial charge on any atom is -0.479 e. The van der Waals surface area contributed by atoms with Crippen molar-refractivity contribution < 1.29 is 119 Å². The quantitative estimate of drug-likeness (QED) is 0.0468. The van der Waals surface area contributed by atoms with Gasteiger partial charge in [-0.05, 0) is 110 Å². The highest BCUT2D eigenvalue weighted by Crippen LogP contribution is 2.76. The van der Waals surface area contributed by atoms with Gasteiger partial charge in [-0.2, -0.15) is 0 Å². The number of hydrogen-bond acceptors (Lipinski definition) is 23. The number of carboxylic acid groups (broad SMARTS) is 1. The van der Waals surface area contributed by atoms with Gasteiger partial charge in [-0.1, -0.05) is 66.2 Å². The third kappa shape index (κ3) is 10.5. The van der Waals surface area contributed by atoms with Crippen LogP contribution >= 0.6 is 0 Å². The number of aliphatic carboxylic acids is 1. The lowest BCUT2D eigenvalue weighted by Gasteiger charge is -2.72. The first-order valence-corrected chi connectivity index (χ1v) is 28.8. The average Bonchev–Trinajstić information content (AvgIpc) is 3.28. The summed E-state index contributed by atoms with van der Waals surface area (Å²) < 4.78 is 54.9. The number of ether oxygens (including phenoxy) is 9. The van der Waals surface area contributed by atoms with Gasteiger partial charge < -0.3 is 109 Å². The van der Waals surface area contributed by atoms with Crippen LogP contribution in [0.4, 0.5) is 0 Å². The van der Waals surface area contributed by atoms with Crippen LogP contribution in [0.5, 0.6) is 0 Å². The second-order valence-corrected chi connectivity index (χ2v) is 27.0. The fraction of sp³-hybridized carbons (Fsp3) is 0.895. The minimum absolute atomic E-state index is 0.0579. The van der Waals surface area contributed by atoms with Gasteiger partial charge in [0.2, 0.25) is 0 Å². The van der Waals surface area contributed by atoms with E-state index in [1.807, 2.05) is 0 Å². The van der Waals surface area contributed by atoms with Gasteiger partial charge in [0.15, 0.2) is 31.3 Å². The predicted octanol–water partition coefficient (Wildman–Crippen LogP) is -0.733. The lowest BCUT2D eigenvalue weighted by molar-refractivity contribution is -0.399. The SMILES string of the molecule is CC=C(C)C(=O)O[C@H]1CC(C)(C)C[C@H]2C3=CCC4[C@@]5(C)CC[C@H](O[C@@H]6O[C@H](C(=O)O)[C@@H](O)[C@H](O[C@@H]7OC[C@H](O)[C@H](O)[C@H]7O[C@@H]7OC[C@@H](O)[C@H](O)[C@H]7O)[C@H]6O[C@@H]6O[C@H](CO)[C@H](O)[C@H](O)[C@H]6O)C(C)(C)C5CC[C@@]4(C)[C@]3(C)C[C@@H](O)[C@@]12CO. The van der Waals surface area contributed by atoms with E-state index in [-0.39, 0.29) is 40.6 Å². The largest absolute Gasteiger partial charge is 0.479 e. The number of aliphatic hydroxyl groups excluding tert-OH is 12. The first-order valence-electron chi connectivity index (χ1n) is 28.8. The Balaban J connectivity index is 1.03. The number of aliphatic hydroxyl groups is 12. The van der Waals surface area contributed by atoms with Gasteiger partial charge in [0.1, 0.15) is 85.5 Å². The summed E-state index contributed by atoms with van der Waals surface area (Å²) in [5, 5.41) is 143. The van der Waals surface area contributed by atoms with Crippen LogP contribution in [0.3, 0.4) is 0 Å². The van der Waals surface area contributed by atoms with Crippen molar-refractivity contribution >= 4 is 11.9 Å². The Kier molecular flexibility index (Phi) is 18.0. The van der Waals surface area contributed by atoms with Gasteiger partial charge in [0.05, 0.1) is 44.1 Å². The number of allylic oxidation sites excluding steroid dienone is 3. The average molecular weight is 1160 g/mol. The van der Waals surface area contributed by atoms with E-state index in [0.717, 1.165) is 6.42 Å². The standard InChI is InChI=1S/C57H90O24/c1-10-24(2)47(72)76-34-19-52(3,4)17-26-25-11-12-31-54(7)15-14-33(53(5,6)30(54)13-16-55(31,8)56(25,9)18-32(62)57(26,34)23-59)77-51-45(81-49-40(68)38(66)37(65)29(20-58)75-49)42(41(69)43(79-51)46(70)71)78-50-44(36(64)28(61)22-74-50)80-48-39(67)35(63)27(60)21-73-48/h10-11,26-45,48-51,58-69H,12-23H2,1-9H3,(H,70,71)/t26-,27+,28-,29+,30?,31?,32+,33-,34-,35-,36-,37-,38-,39+,40+,41-,42-,43-,44+,45+,48-,49-,50-,51+,54-,55+,56+,57-/m0/s1. The summed E-state index contributed by atoms with van der Waals surface area (Å²) in [5.74, 6) is -2.42. The van der Waals surface area contributed by atoms with E-state index in [0.29, 0.717) is 50.5 Å². The van der Waals surface area contributed by atoms with Gasteiger partial charge in [-0.3, -0.25) is 0 Å². The van der Waals surface area contributed by atoms with Crippen molar-refractivity contribution in [2.45, 2.75) is 243 Å². The van der Waals surface area contributed by atoms with Crippen LogP contribution in [-0.2, 0) is 52.2 Å². The molecule has 24 heteroatoms. The molecule has 0 aromatic carbocycles. The molecule has 8 fully saturated rings. The molecule has 0 aromatic rings. The number of rotatable bonds is 13. The van der Waals surface area contributed by atoms with Crippen LogP contribution in [-0.4, -0.2) is 234 Å². The van der Waals surface area contributed by atoms with E-state index in [2.05, 4.69) is 54.5 Å². The van der Waals surface area contributed by atoms with Crippen molar-refractivity contribution in [3.8, 4) is 0 Å². The maximum Gasteiger partial charge on any atom is 0.335 e. The normalized spacial score (nSPS) is 51.6. The Morgan fingerprint density at radius 1 is 0.654 bits per heavy atom. The lowest BCUT2D eigenvalue weighted by Crippen LogP contribution is -2.70. The molecule has 4 saturated heterocycles. The molecule has 81 heavy (non-hydrogen) atoms. The topological polar surface area (TPSA) is 380 Å². The Morgan fingerprint density at radius 3 is 1.93 bits per heavy atom. The number of carbonyl (C=O) groups is 2. The second kappa shape index (κ2) is 23.0. The third-order valence-electron chi connectivity index (χ3n) is 21.7. The summed E-state index contributed by atoms with van der Waals surface area (Å²) >= 11 is 0. The van der Waals surface area contributed by atoms with Crippen LogP contribution in [0.25, 0.3) is 0 Å². The van der Waals surface area contributed by atoms with Gasteiger partial charge in [0.25, 0.3) is 0 Å². The smallest absolute Gasteiger partial charge is 0.335 e. The van der Waals surface area contributed by atoms with Crippen molar-refractivity contribution in [2.24, 2.45) is 50.2 Å². The highest BCUT2D eigenvalue weighted by Gasteiger charge is 2.72. The Labute approximate surface area is 471 Å². The third-order valence-corrected chi connectivity index (χ3v) is 21.7. The molecule has 24 nitrogen and oxygen atoms in total. The van der Waals surface area contributed by atoms with Crippen molar-refractivity contribution in [3.05, 3.63) is 23.3 Å². The minimum atomic E-state index is -2.19. The highest BCUT2D eigenvalue weighted by molar-refractivity contribution is 5.87. The number of carbonyl (C=O) groups excluding carboxylic acids is 1. The zero-order valence-corrected chi connectivity index (χ0v) is 47.8. The number of hydrogen-bond donors (Lipinski definition) is 13. The summed E-state index contributed by atoms with van der Waals surface area (Å²) in [6, 6.07) is 0. The number of esters is 1. The molecule has 9 rings (SSSR count). The molecular formula is C57H90O24. The highest BCUT2D eigenvalue weighted by atomic mass is 16.8. The fourth-order valence-corrected chi connectivity index (χ4v) is 16.8. The molecule has 4 saturated carbocycles. The lowest BCUT2D eigenvalue weighted by atomic mass is 9.33. The molecule has 0 amide bonds. The van der Waals surface area contributed by atoms with Crippen LogP contribution in [0, 0.1) is 50.2 Å². The van der Waals surface area contributed by atoms with Crippen molar-refractivity contribution in [3.63, 3.8) is 0 Å². The molecule has 0 bridgehead atoms. The monoisotopic (exact) mass is 1160 g/mol. The molecular weight excluding hydrogens is 1070 g/mol. The molecule has 0 radical (unpaired) electrons. The molecule has 5 aliphatic carbocycles. The van der Waals surface area contributed by atoms with E-state index in [4.69, 9.17) is 42.6 Å². The molecule has 2 unspecified atom stereocenters. The van der Waals surface area contributed by atoms with E-state index in [1.54, 1.807) is 19.9 Å². The second-order valence-electron chi connectivity index (χ2n) is 27.0. The molecule has 13 N–H and O–H groups in total. The summed E-state index contributed by atoms with van der Waals surface area (Å²) in [7, 11) is 0. The molecule has 4 aliphatic heterocycles. The van der Waals surface area contributed by atoms with E-state index < -0.39 is 177 Å². The Morgan fingerprint density at radius 2 is 1.28 bits per heavy atom. The first kappa shape index (κ1) is 63.1. The number of fused-ring (bicyclic) bond motifs is 7. The fourth-order valence-electron chi connectivity index (χ4n) is 16.8. The zero-order chi connectivity index (χ0) is 59.4. The van der Waals surface area contributed by atoms with Crippen LogP contribution in [0.2, 0.25) is 0 Å². The summed E-state index contributed by atoms with van der Waals surface area (Å²) in [6.45, 7) is 16.4. The van der Waals surface area contributed by atoms with Gasteiger partial charge >= 0.3 is 11.9 Å². The zero-order valence-electron chi connectivity index (χ0n) is 47.8. The van der Waals surface area contributed by atoms with Gasteiger partial charge in [-0.25, -0.2) is 9.59 Å². The Hall–Kier alpha value is -2.38. The van der Waals surface area contributed by atoms with Crippen LogP contribution in [0.15, 0.2) is 23.3 Å². The Bertz CT molecular complexity index is 2330. The van der Waals surface area contributed by atoms with Crippen LogP contribution < -0.4 is 0 Å². The van der Waals surface area contributed by atoms with Crippen molar-refractivity contribution in [1.82, 2.24) is 0 Å². The molecule has 9 aliphatic rings. The predicted molar refractivity (Wildman–Crippen MR) is 277 cm³/mol. The van der Waals surface area contributed by atoms with Gasteiger partial charge in [0, 0.05) is 5.57 Å². The summed E-state index contributed by atoms with van der Waals surface area (Å²) in [4.78, 5) is 26.5. The molecule has 4 heterocycles. The van der Waals surface area contributed by atoms with E-state index in [9.17, 15) is 76.0 Å². The molecule has 28 atom stereocenters. The first-order chi connectivity index (χ1) is 37.9. The van der Waals surface area contributed by atoms with Crippen LogP contribution in [0.1, 0.15) is 114 Å². The summed E-state index contributed by atoms with van der Waals surface area (Å²) in [5.41, 5.74) is -1.79. The van der Waals surface area contributed by atoms with E-state index >= 15 is 0 Å². The van der Waals surface area contributed by atoms with Gasteiger partial charge in [-0.15, -0.1) is 0 Å². The maximum absolute atomic E-state index is 13.4.